The smallest absolute Gasteiger partial charge is 0.186 e. The lowest BCUT2D eigenvalue weighted by atomic mass is 10.2. The summed E-state index contributed by atoms with van der Waals surface area (Å²) in [6.07, 6.45) is 1.66. The van der Waals surface area contributed by atoms with Gasteiger partial charge in [-0.2, -0.15) is 5.10 Å². The van der Waals surface area contributed by atoms with Gasteiger partial charge in [-0.15, -0.1) is 0 Å². The van der Waals surface area contributed by atoms with E-state index in [-0.39, 0.29) is 0 Å². The van der Waals surface area contributed by atoms with Gasteiger partial charge in [-0.1, -0.05) is 23.7 Å². The van der Waals surface area contributed by atoms with Crippen molar-refractivity contribution in [3.63, 3.8) is 0 Å². The molecule has 5 nitrogen and oxygen atoms in total. The van der Waals surface area contributed by atoms with Crippen molar-refractivity contribution in [2.45, 2.75) is 13.5 Å². The number of hydrogen-bond donors (Lipinski definition) is 2. The van der Waals surface area contributed by atoms with Crippen molar-refractivity contribution < 1.29 is 9.47 Å². The van der Waals surface area contributed by atoms with Gasteiger partial charge < -0.3 is 14.8 Å². The summed E-state index contributed by atoms with van der Waals surface area (Å²) < 4.78 is 11.2. The Hall–Kier alpha value is -2.31. The molecule has 0 aromatic heterocycles. The van der Waals surface area contributed by atoms with Gasteiger partial charge in [0.25, 0.3) is 0 Å². The lowest BCUT2D eigenvalue weighted by Crippen LogP contribution is -2.31. The monoisotopic (exact) mass is 377 g/mol. The van der Waals surface area contributed by atoms with Crippen molar-refractivity contribution in [3.8, 4) is 11.5 Å². The van der Waals surface area contributed by atoms with Gasteiger partial charge in [0.2, 0.25) is 0 Å². The van der Waals surface area contributed by atoms with Gasteiger partial charge in [0.1, 0.15) is 6.61 Å². The molecule has 0 fully saturated rings. The van der Waals surface area contributed by atoms with Gasteiger partial charge in [-0.3, -0.25) is 5.43 Å². The van der Waals surface area contributed by atoms with Crippen molar-refractivity contribution in [2.75, 3.05) is 13.7 Å². The normalized spacial score (nSPS) is 10.5. The Balaban J connectivity index is 2.01. The Morgan fingerprint density at radius 1 is 1.24 bits per heavy atom. The number of ether oxygens (including phenoxy) is 2. The molecule has 0 atom stereocenters. The minimum absolute atomic E-state index is 0.406. The molecular weight excluding hydrogens is 358 g/mol. The molecule has 0 bridgehead atoms. The van der Waals surface area contributed by atoms with Gasteiger partial charge >= 0.3 is 0 Å². The molecule has 0 unspecified atom stereocenters. The number of methoxy groups -OCH3 is 1. The Kier molecular flexibility index (Phi) is 7.50. The maximum Gasteiger partial charge on any atom is 0.186 e. The zero-order valence-corrected chi connectivity index (χ0v) is 15.7. The molecule has 0 aliphatic carbocycles. The first kappa shape index (κ1) is 19.0. The van der Waals surface area contributed by atoms with E-state index in [4.69, 9.17) is 33.3 Å². The molecule has 0 saturated carbocycles. The predicted molar refractivity (Wildman–Crippen MR) is 106 cm³/mol. The fraction of sp³-hybridized carbons (Fsp3) is 0.222. The third kappa shape index (κ3) is 6.25. The highest BCUT2D eigenvalue weighted by molar-refractivity contribution is 7.80. The van der Waals surface area contributed by atoms with E-state index in [1.165, 1.54) is 0 Å². The standard InChI is InChI=1S/C18H20ClN3O2S/c1-3-20-18(25)22-21-11-13-7-8-16(17(10-13)23-2)24-12-14-5-4-6-15(19)9-14/h4-11H,3,12H2,1-2H3,(H2,20,22,25)/b21-11-. The van der Waals surface area contributed by atoms with Crippen molar-refractivity contribution in [3.05, 3.63) is 58.6 Å². The van der Waals surface area contributed by atoms with E-state index in [2.05, 4.69) is 15.8 Å². The van der Waals surface area contributed by atoms with Crippen LogP contribution in [0.15, 0.2) is 47.6 Å². The molecule has 2 rings (SSSR count). The summed E-state index contributed by atoms with van der Waals surface area (Å²) >= 11 is 11.0. The molecule has 0 radical (unpaired) electrons. The molecule has 0 saturated heterocycles. The molecule has 2 N–H and O–H groups in total. The highest BCUT2D eigenvalue weighted by Gasteiger charge is 2.06. The van der Waals surface area contributed by atoms with Crippen LogP contribution in [0.1, 0.15) is 18.1 Å². The van der Waals surface area contributed by atoms with E-state index >= 15 is 0 Å². The van der Waals surface area contributed by atoms with Crippen LogP contribution in [-0.4, -0.2) is 25.0 Å². The molecule has 0 heterocycles. The molecule has 0 aliphatic heterocycles. The summed E-state index contributed by atoms with van der Waals surface area (Å²) in [6.45, 7) is 3.11. The minimum atomic E-state index is 0.406. The van der Waals surface area contributed by atoms with Gasteiger partial charge in [0.15, 0.2) is 16.6 Å². The second kappa shape index (κ2) is 9.86. The number of nitrogens with one attached hydrogen (secondary N) is 2. The van der Waals surface area contributed by atoms with Gasteiger partial charge in [-0.05, 0) is 60.6 Å². The van der Waals surface area contributed by atoms with Crippen LogP contribution >= 0.6 is 23.8 Å². The van der Waals surface area contributed by atoms with Gasteiger partial charge in [0.05, 0.1) is 13.3 Å². The van der Waals surface area contributed by atoms with Crippen LogP contribution in [0.5, 0.6) is 11.5 Å². The number of benzene rings is 2. The first-order chi connectivity index (χ1) is 12.1. The second-order valence-corrected chi connectivity index (χ2v) is 5.90. The lowest BCUT2D eigenvalue weighted by Gasteiger charge is -2.11. The van der Waals surface area contributed by atoms with Crippen molar-refractivity contribution >= 4 is 35.1 Å². The summed E-state index contributed by atoms with van der Waals surface area (Å²) in [5.74, 6) is 1.27. The highest BCUT2D eigenvalue weighted by atomic mass is 35.5. The van der Waals surface area contributed by atoms with E-state index < -0.39 is 0 Å². The summed E-state index contributed by atoms with van der Waals surface area (Å²) in [6, 6.07) is 13.1. The minimum Gasteiger partial charge on any atom is -0.493 e. The third-order valence-corrected chi connectivity index (χ3v) is 3.66. The number of thiocarbonyl (C=S) groups is 1. The van der Waals surface area contributed by atoms with E-state index in [0.29, 0.717) is 28.2 Å². The second-order valence-electron chi connectivity index (χ2n) is 5.06. The molecule has 132 valence electrons. The molecule has 25 heavy (non-hydrogen) atoms. The average Bonchev–Trinajstić information content (AvgIpc) is 2.60. The summed E-state index contributed by atoms with van der Waals surface area (Å²) in [5.41, 5.74) is 4.59. The van der Waals surface area contributed by atoms with Crippen LogP contribution in [0.2, 0.25) is 5.02 Å². The van der Waals surface area contributed by atoms with Crippen LogP contribution in [-0.2, 0) is 6.61 Å². The number of hydrogen-bond acceptors (Lipinski definition) is 4. The number of rotatable bonds is 7. The number of hydrazone groups is 1. The third-order valence-electron chi connectivity index (χ3n) is 3.19. The summed E-state index contributed by atoms with van der Waals surface area (Å²) in [7, 11) is 1.60. The maximum absolute atomic E-state index is 5.98. The van der Waals surface area contributed by atoms with Crippen molar-refractivity contribution in [2.24, 2.45) is 5.10 Å². The number of halogens is 1. The topological polar surface area (TPSA) is 54.9 Å². The van der Waals surface area contributed by atoms with Crippen molar-refractivity contribution in [1.29, 1.82) is 0 Å². The molecule has 7 heteroatoms. The zero-order chi connectivity index (χ0) is 18.1. The number of nitrogens with zero attached hydrogens (tertiary/aromatic N) is 1. The van der Waals surface area contributed by atoms with E-state index in [0.717, 1.165) is 17.7 Å². The van der Waals surface area contributed by atoms with Crippen molar-refractivity contribution in [1.82, 2.24) is 10.7 Å². The Morgan fingerprint density at radius 2 is 2.08 bits per heavy atom. The molecule has 0 aliphatic rings. The lowest BCUT2D eigenvalue weighted by molar-refractivity contribution is 0.284. The van der Waals surface area contributed by atoms with E-state index in [1.54, 1.807) is 13.3 Å². The first-order valence-corrected chi connectivity index (χ1v) is 8.53. The average molecular weight is 378 g/mol. The van der Waals surface area contributed by atoms with Crippen LogP contribution in [0.3, 0.4) is 0 Å². The Bertz CT molecular complexity index is 753. The van der Waals surface area contributed by atoms with Crippen LogP contribution < -0.4 is 20.2 Å². The molecule has 0 spiro atoms. The van der Waals surface area contributed by atoms with Gasteiger partial charge in [-0.25, -0.2) is 0 Å². The molecule has 2 aromatic carbocycles. The molecule has 2 aromatic rings. The zero-order valence-electron chi connectivity index (χ0n) is 14.1. The molecular formula is C18H20ClN3O2S. The molecule has 0 amide bonds. The van der Waals surface area contributed by atoms with Crippen LogP contribution in [0.4, 0.5) is 0 Å². The summed E-state index contributed by atoms with van der Waals surface area (Å²) in [4.78, 5) is 0. The largest absolute Gasteiger partial charge is 0.493 e. The first-order valence-electron chi connectivity index (χ1n) is 7.74. The predicted octanol–water partition coefficient (Wildman–Crippen LogP) is 3.75. The Labute approximate surface area is 158 Å². The van der Waals surface area contributed by atoms with Gasteiger partial charge in [0, 0.05) is 11.6 Å². The Morgan fingerprint density at radius 3 is 2.80 bits per heavy atom. The van der Waals surface area contributed by atoms with Crippen LogP contribution in [0, 0.1) is 0 Å². The van der Waals surface area contributed by atoms with E-state index in [9.17, 15) is 0 Å². The fourth-order valence-corrected chi connectivity index (χ4v) is 2.45. The summed E-state index contributed by atoms with van der Waals surface area (Å²) in [5, 5.41) is 8.19. The highest BCUT2D eigenvalue weighted by Crippen LogP contribution is 2.28. The SMILES string of the molecule is CCNC(=S)N/N=C\c1ccc(OCc2cccc(Cl)c2)c(OC)c1. The maximum atomic E-state index is 5.98. The quantitative estimate of drug-likeness (QED) is 0.437. The fourth-order valence-electron chi connectivity index (χ4n) is 2.04. The van der Waals surface area contributed by atoms with E-state index in [1.807, 2.05) is 49.4 Å². The van der Waals surface area contributed by atoms with Crippen LogP contribution in [0.25, 0.3) is 0 Å².